The maximum atomic E-state index is 13.1. The molecular weight excluding hydrogens is 374 g/mol. The molecule has 1 amide bonds. The highest BCUT2D eigenvalue weighted by atomic mass is 32.2. The minimum Gasteiger partial charge on any atom is -0.310 e. The number of aromatic nitrogens is 2. The van der Waals surface area contributed by atoms with Crippen LogP contribution in [0.5, 0.6) is 0 Å². The molecule has 0 unspecified atom stereocenters. The molecule has 6 nitrogen and oxygen atoms in total. The number of rotatable bonds is 5. The number of amides is 1. The van der Waals surface area contributed by atoms with Gasteiger partial charge in [-0.3, -0.25) is 4.79 Å². The molecule has 1 aliphatic rings. The summed E-state index contributed by atoms with van der Waals surface area (Å²) in [6, 6.07) is 19.0. The number of hydrogen-bond donors (Lipinski definition) is 1. The van der Waals surface area contributed by atoms with Crippen molar-refractivity contribution in [3.8, 4) is 5.69 Å². The summed E-state index contributed by atoms with van der Waals surface area (Å²) in [6.45, 7) is 1.96. The third-order valence-corrected chi connectivity index (χ3v) is 6.40. The Labute approximate surface area is 164 Å². The summed E-state index contributed by atoms with van der Waals surface area (Å²) >= 11 is 0. The van der Waals surface area contributed by atoms with Gasteiger partial charge in [0.2, 0.25) is 5.91 Å². The van der Waals surface area contributed by atoms with Crippen LogP contribution in [0.1, 0.15) is 36.1 Å². The SMILES string of the molecule is CC[C@@H](C(=O)Nc1c2c(nn1-c1ccccc1)CS(=O)(=O)C2)c1ccccc1. The van der Waals surface area contributed by atoms with Crippen molar-refractivity contribution < 1.29 is 13.2 Å². The van der Waals surface area contributed by atoms with E-state index >= 15 is 0 Å². The summed E-state index contributed by atoms with van der Waals surface area (Å²) < 4.78 is 25.8. The van der Waals surface area contributed by atoms with Crippen molar-refractivity contribution in [2.24, 2.45) is 0 Å². The van der Waals surface area contributed by atoms with Gasteiger partial charge in [0.1, 0.15) is 5.82 Å². The van der Waals surface area contributed by atoms with E-state index in [9.17, 15) is 13.2 Å². The number of sulfone groups is 1. The Hall–Kier alpha value is -2.93. The average Bonchev–Trinajstić information content (AvgIpc) is 3.16. The second-order valence-corrected chi connectivity index (χ2v) is 8.98. The van der Waals surface area contributed by atoms with Gasteiger partial charge in [-0.15, -0.1) is 0 Å². The molecule has 1 atom stereocenters. The van der Waals surface area contributed by atoms with Crippen LogP contribution in [0.25, 0.3) is 5.69 Å². The molecule has 0 bridgehead atoms. The van der Waals surface area contributed by atoms with E-state index in [1.165, 1.54) is 0 Å². The minimum atomic E-state index is -3.22. The van der Waals surface area contributed by atoms with Crippen molar-refractivity contribution >= 4 is 21.6 Å². The van der Waals surface area contributed by atoms with Crippen LogP contribution in [0.3, 0.4) is 0 Å². The molecule has 0 spiro atoms. The lowest BCUT2D eigenvalue weighted by molar-refractivity contribution is -0.117. The molecule has 3 aromatic rings. The van der Waals surface area contributed by atoms with E-state index in [2.05, 4.69) is 10.4 Å². The number of benzene rings is 2. The number of hydrogen-bond acceptors (Lipinski definition) is 4. The fourth-order valence-electron chi connectivity index (χ4n) is 3.59. The molecule has 0 radical (unpaired) electrons. The number of fused-ring (bicyclic) bond motifs is 1. The topological polar surface area (TPSA) is 81.1 Å². The second kappa shape index (κ2) is 7.24. The van der Waals surface area contributed by atoms with Crippen LogP contribution in [0, 0.1) is 0 Å². The highest BCUT2D eigenvalue weighted by molar-refractivity contribution is 7.90. The van der Waals surface area contributed by atoms with Crippen molar-refractivity contribution in [3.63, 3.8) is 0 Å². The minimum absolute atomic E-state index is 0.0963. The molecule has 2 heterocycles. The van der Waals surface area contributed by atoms with Crippen LogP contribution >= 0.6 is 0 Å². The summed E-state index contributed by atoms with van der Waals surface area (Å²) in [7, 11) is -3.22. The third-order valence-electron chi connectivity index (χ3n) is 4.96. The first-order valence-corrected chi connectivity index (χ1v) is 11.0. The normalized spacial score (nSPS) is 15.8. The smallest absolute Gasteiger partial charge is 0.233 e. The summed E-state index contributed by atoms with van der Waals surface area (Å²) in [6.07, 6.45) is 0.635. The highest BCUT2D eigenvalue weighted by Gasteiger charge is 2.34. The summed E-state index contributed by atoms with van der Waals surface area (Å²) in [4.78, 5) is 13.1. The standard InChI is InChI=1S/C21H21N3O3S/c1-2-17(15-9-5-3-6-10-15)21(25)22-20-18-13-28(26,27)14-19(18)23-24(20)16-11-7-4-8-12-16/h3-12,17H,2,13-14H2,1H3,(H,22,25)/t17-/m1/s1. The Morgan fingerprint density at radius 1 is 1.07 bits per heavy atom. The first kappa shape index (κ1) is 18.4. The van der Waals surface area contributed by atoms with E-state index < -0.39 is 9.84 Å². The Morgan fingerprint density at radius 2 is 1.71 bits per heavy atom. The van der Waals surface area contributed by atoms with Crippen LogP contribution in [-0.2, 0) is 26.1 Å². The zero-order valence-corrected chi connectivity index (χ0v) is 16.3. The zero-order valence-electron chi connectivity index (χ0n) is 15.5. The Kier molecular flexibility index (Phi) is 4.77. The highest BCUT2D eigenvalue weighted by Crippen LogP contribution is 2.34. The van der Waals surface area contributed by atoms with Crippen molar-refractivity contribution in [2.75, 3.05) is 5.32 Å². The van der Waals surface area contributed by atoms with E-state index in [4.69, 9.17) is 0 Å². The van der Waals surface area contributed by atoms with Gasteiger partial charge in [-0.2, -0.15) is 5.10 Å². The molecule has 0 saturated heterocycles. The van der Waals surface area contributed by atoms with Crippen molar-refractivity contribution in [2.45, 2.75) is 30.8 Å². The summed E-state index contributed by atoms with van der Waals surface area (Å²) in [5.41, 5.74) is 2.79. The van der Waals surface area contributed by atoms with E-state index in [0.717, 1.165) is 11.3 Å². The second-order valence-electron chi connectivity index (χ2n) is 6.91. The van der Waals surface area contributed by atoms with E-state index in [1.54, 1.807) is 4.68 Å². The molecule has 4 rings (SSSR count). The number of para-hydroxylation sites is 1. The zero-order chi connectivity index (χ0) is 19.7. The van der Waals surface area contributed by atoms with Crippen LogP contribution < -0.4 is 5.32 Å². The van der Waals surface area contributed by atoms with Crippen molar-refractivity contribution in [3.05, 3.63) is 77.5 Å². The Bertz CT molecular complexity index is 1110. The summed E-state index contributed by atoms with van der Waals surface area (Å²) in [5.74, 6) is -0.248. The first-order valence-electron chi connectivity index (χ1n) is 9.21. The number of carbonyl (C=O) groups excluding carboxylic acids is 1. The molecule has 7 heteroatoms. The first-order chi connectivity index (χ1) is 13.5. The third kappa shape index (κ3) is 3.45. The molecule has 0 fully saturated rings. The number of nitrogens with one attached hydrogen (secondary N) is 1. The van der Waals surface area contributed by atoms with E-state index in [0.29, 0.717) is 23.5 Å². The molecule has 2 aromatic carbocycles. The lowest BCUT2D eigenvalue weighted by Crippen LogP contribution is -2.23. The molecule has 144 valence electrons. The van der Waals surface area contributed by atoms with Gasteiger partial charge in [0.05, 0.1) is 28.8 Å². The maximum Gasteiger partial charge on any atom is 0.233 e. The fraction of sp³-hybridized carbons (Fsp3) is 0.238. The van der Waals surface area contributed by atoms with Crippen LogP contribution in [0.2, 0.25) is 0 Å². The predicted molar refractivity (Wildman–Crippen MR) is 108 cm³/mol. The van der Waals surface area contributed by atoms with Gasteiger partial charge in [-0.05, 0) is 24.1 Å². The maximum absolute atomic E-state index is 13.1. The molecule has 0 aliphatic carbocycles. The van der Waals surface area contributed by atoms with Crippen LogP contribution in [-0.4, -0.2) is 24.1 Å². The average molecular weight is 395 g/mol. The van der Waals surface area contributed by atoms with Gasteiger partial charge >= 0.3 is 0 Å². The molecule has 1 aliphatic heterocycles. The van der Waals surface area contributed by atoms with Crippen LogP contribution in [0.15, 0.2) is 60.7 Å². The van der Waals surface area contributed by atoms with Crippen molar-refractivity contribution in [1.29, 1.82) is 0 Å². The lowest BCUT2D eigenvalue weighted by Gasteiger charge is -2.17. The Balaban J connectivity index is 1.73. The van der Waals surface area contributed by atoms with E-state index in [1.807, 2.05) is 67.6 Å². The predicted octanol–water partition coefficient (Wildman–Crippen LogP) is 3.43. The van der Waals surface area contributed by atoms with Crippen LogP contribution in [0.4, 0.5) is 5.82 Å². The fourth-order valence-corrected chi connectivity index (χ4v) is 5.08. The van der Waals surface area contributed by atoms with Gasteiger partial charge in [0.25, 0.3) is 0 Å². The molecule has 1 N–H and O–H groups in total. The molecular formula is C21H21N3O3S. The van der Waals surface area contributed by atoms with Gasteiger partial charge in [-0.1, -0.05) is 55.5 Å². The number of nitrogens with zero attached hydrogens (tertiary/aromatic N) is 2. The van der Waals surface area contributed by atoms with Gasteiger partial charge in [-0.25, -0.2) is 13.1 Å². The van der Waals surface area contributed by atoms with E-state index in [-0.39, 0.29) is 23.3 Å². The summed E-state index contributed by atoms with van der Waals surface area (Å²) in [5, 5.41) is 7.46. The quantitative estimate of drug-likeness (QED) is 0.718. The van der Waals surface area contributed by atoms with Crippen molar-refractivity contribution in [1.82, 2.24) is 9.78 Å². The lowest BCUT2D eigenvalue weighted by atomic mass is 9.95. The molecule has 0 saturated carbocycles. The molecule has 28 heavy (non-hydrogen) atoms. The Morgan fingerprint density at radius 3 is 2.36 bits per heavy atom. The monoisotopic (exact) mass is 395 g/mol. The largest absolute Gasteiger partial charge is 0.310 e. The van der Waals surface area contributed by atoms with Gasteiger partial charge < -0.3 is 5.32 Å². The van der Waals surface area contributed by atoms with Gasteiger partial charge in [0, 0.05) is 5.56 Å². The van der Waals surface area contributed by atoms with Gasteiger partial charge in [0.15, 0.2) is 9.84 Å². The number of anilines is 1. The number of carbonyl (C=O) groups is 1. The molecule has 1 aromatic heterocycles.